The van der Waals surface area contributed by atoms with Crippen LogP contribution in [0.2, 0.25) is 5.31 Å². The van der Waals surface area contributed by atoms with Crippen molar-refractivity contribution in [3.8, 4) is 0 Å². The van der Waals surface area contributed by atoms with Crippen molar-refractivity contribution in [3.05, 3.63) is 0 Å². The lowest BCUT2D eigenvalue weighted by Crippen LogP contribution is -2.61. The van der Waals surface area contributed by atoms with Gasteiger partial charge in [-0.3, -0.25) is 4.79 Å². The van der Waals surface area contributed by atoms with E-state index in [1.54, 1.807) is 0 Å². The Labute approximate surface area is 171 Å². The number of carbonyl (C=O) groups is 1. The number of nitrogens with zero attached hydrogens (tertiary/aromatic N) is 1. The second-order valence-electron chi connectivity index (χ2n) is 10.7. The fourth-order valence-corrected chi connectivity index (χ4v) is 6.53. The van der Waals surface area contributed by atoms with Crippen LogP contribution in [-0.4, -0.2) is 55.4 Å². The van der Waals surface area contributed by atoms with Crippen molar-refractivity contribution in [1.82, 2.24) is 4.90 Å². The van der Waals surface area contributed by atoms with Gasteiger partial charge in [0.15, 0.2) is 0 Å². The Kier molecular flexibility index (Phi) is 4.96. The standard InChI is InChI=1S/C22H38BNO4/c1-7-8-9-17-21(23-27-19(3,4)20(5,6)28-23)14-16(2)22(17,15-21)18(25)24-10-12-26-13-11-24/h16-17H,7-15H2,1-6H3/t16?,17-,21-,22-/m1/s1. The number of hydrogen-bond donors (Lipinski definition) is 0. The maximum Gasteiger partial charge on any atom is 0.464 e. The van der Waals surface area contributed by atoms with Gasteiger partial charge in [0.1, 0.15) is 0 Å². The van der Waals surface area contributed by atoms with Crippen molar-refractivity contribution < 1.29 is 18.8 Å². The zero-order chi connectivity index (χ0) is 20.4. The number of amides is 1. The summed E-state index contributed by atoms with van der Waals surface area (Å²) in [5.41, 5.74) is -0.865. The smallest absolute Gasteiger partial charge is 0.403 e. The highest BCUT2D eigenvalue weighted by Crippen LogP contribution is 2.81. The van der Waals surface area contributed by atoms with Gasteiger partial charge >= 0.3 is 7.12 Å². The number of carbonyl (C=O) groups excluding carboxylic acids is 1. The van der Waals surface area contributed by atoms with Gasteiger partial charge < -0.3 is 18.9 Å². The van der Waals surface area contributed by atoms with Crippen LogP contribution >= 0.6 is 0 Å². The van der Waals surface area contributed by atoms with Crippen LogP contribution < -0.4 is 0 Å². The van der Waals surface area contributed by atoms with E-state index in [0.717, 1.165) is 45.2 Å². The number of rotatable bonds is 5. The van der Waals surface area contributed by atoms with Gasteiger partial charge in [-0.2, -0.15) is 0 Å². The monoisotopic (exact) mass is 391 g/mol. The summed E-state index contributed by atoms with van der Waals surface area (Å²) >= 11 is 0. The molecule has 28 heavy (non-hydrogen) atoms. The summed E-state index contributed by atoms with van der Waals surface area (Å²) < 4.78 is 18.6. The number of hydrogen-bond acceptors (Lipinski definition) is 4. The number of ether oxygens (including phenoxy) is 1. The molecule has 1 amide bonds. The maximum atomic E-state index is 13.7. The molecule has 1 unspecified atom stereocenters. The van der Waals surface area contributed by atoms with Crippen molar-refractivity contribution in [2.75, 3.05) is 26.3 Å². The molecule has 0 aromatic carbocycles. The van der Waals surface area contributed by atoms with Crippen LogP contribution in [-0.2, 0) is 18.8 Å². The Morgan fingerprint density at radius 3 is 2.29 bits per heavy atom. The minimum absolute atomic E-state index is 0.0123. The number of fused-ring (bicyclic) bond motifs is 1. The van der Waals surface area contributed by atoms with Crippen molar-refractivity contribution in [1.29, 1.82) is 0 Å². The van der Waals surface area contributed by atoms with E-state index >= 15 is 0 Å². The zero-order valence-electron chi connectivity index (χ0n) is 18.7. The first-order valence-electron chi connectivity index (χ1n) is 11.3. The second kappa shape index (κ2) is 6.71. The van der Waals surface area contributed by atoms with E-state index in [2.05, 4.69) is 46.4 Å². The van der Waals surface area contributed by atoms with Crippen LogP contribution in [0.5, 0.6) is 0 Å². The lowest BCUT2D eigenvalue weighted by atomic mass is 9.37. The Bertz CT molecular complexity index is 616. The Morgan fingerprint density at radius 2 is 1.71 bits per heavy atom. The molecule has 2 heterocycles. The SMILES string of the molecule is CCCC[C@@H]1[C@@]2(B3OC(C)(C)C(C)(C)O3)CC(C)[C@]1(C(=O)N1CCOCC1)C2. The first kappa shape index (κ1) is 20.7. The van der Waals surface area contributed by atoms with Crippen molar-refractivity contribution in [2.45, 2.75) is 90.2 Å². The minimum Gasteiger partial charge on any atom is -0.403 e. The average Bonchev–Trinajstić information content (AvgIpc) is 3.16. The molecule has 6 heteroatoms. The Balaban J connectivity index is 1.63. The molecule has 0 N–H and O–H groups in total. The molecule has 0 aromatic rings. The van der Waals surface area contributed by atoms with Crippen LogP contribution in [0.4, 0.5) is 0 Å². The van der Waals surface area contributed by atoms with Gasteiger partial charge in [0, 0.05) is 18.4 Å². The molecular weight excluding hydrogens is 353 g/mol. The molecule has 5 nitrogen and oxygen atoms in total. The summed E-state index contributed by atoms with van der Waals surface area (Å²) in [6, 6.07) is 0. The lowest BCUT2D eigenvalue weighted by Gasteiger charge is -2.57. The summed E-state index contributed by atoms with van der Waals surface area (Å²) in [7, 11) is -0.199. The van der Waals surface area contributed by atoms with E-state index in [-0.39, 0.29) is 29.0 Å². The summed E-state index contributed by atoms with van der Waals surface area (Å²) in [6.45, 7) is 15.9. The fourth-order valence-electron chi connectivity index (χ4n) is 6.53. The molecule has 2 bridgehead atoms. The van der Waals surface area contributed by atoms with Crippen LogP contribution in [0.1, 0.15) is 73.6 Å². The quantitative estimate of drug-likeness (QED) is 0.667. The van der Waals surface area contributed by atoms with Crippen LogP contribution in [0.3, 0.4) is 0 Å². The van der Waals surface area contributed by atoms with Gasteiger partial charge in [-0.25, -0.2) is 0 Å². The van der Waals surface area contributed by atoms with E-state index in [1.165, 1.54) is 0 Å². The summed E-state index contributed by atoms with van der Waals surface area (Å²) in [4.78, 5) is 15.8. The first-order chi connectivity index (χ1) is 13.1. The topological polar surface area (TPSA) is 48.0 Å². The average molecular weight is 391 g/mol. The Morgan fingerprint density at radius 1 is 1.11 bits per heavy atom. The van der Waals surface area contributed by atoms with Gasteiger partial charge in [0.2, 0.25) is 5.91 Å². The highest BCUT2D eigenvalue weighted by Gasteiger charge is 2.80. The molecule has 5 aliphatic rings. The first-order valence-corrected chi connectivity index (χ1v) is 11.3. The predicted octanol–water partition coefficient (Wildman–Crippen LogP) is 3.91. The summed E-state index contributed by atoms with van der Waals surface area (Å²) in [5.74, 6) is 1.11. The number of morpholine rings is 1. The predicted molar refractivity (Wildman–Crippen MR) is 110 cm³/mol. The van der Waals surface area contributed by atoms with E-state index < -0.39 is 0 Å². The highest BCUT2D eigenvalue weighted by atomic mass is 16.7. The van der Waals surface area contributed by atoms with Crippen molar-refractivity contribution in [3.63, 3.8) is 0 Å². The van der Waals surface area contributed by atoms with E-state index in [1.807, 2.05) is 0 Å². The molecule has 4 atom stereocenters. The largest absolute Gasteiger partial charge is 0.464 e. The molecule has 5 fully saturated rings. The molecule has 2 aliphatic heterocycles. The van der Waals surface area contributed by atoms with Crippen LogP contribution in [0, 0.1) is 17.3 Å². The van der Waals surface area contributed by atoms with Gasteiger partial charge in [-0.05, 0) is 58.8 Å². The molecule has 3 aliphatic carbocycles. The van der Waals surface area contributed by atoms with Gasteiger partial charge in [0.25, 0.3) is 0 Å². The summed E-state index contributed by atoms with van der Waals surface area (Å²) in [5, 5.41) is -0.0123. The van der Waals surface area contributed by atoms with Crippen molar-refractivity contribution >= 4 is 13.0 Å². The normalized spacial score (nSPS) is 41.2. The van der Waals surface area contributed by atoms with E-state index in [0.29, 0.717) is 31.0 Å². The third-order valence-electron chi connectivity index (χ3n) is 8.77. The van der Waals surface area contributed by atoms with Gasteiger partial charge in [-0.1, -0.05) is 26.7 Å². The minimum atomic E-state index is -0.319. The van der Waals surface area contributed by atoms with Crippen LogP contribution in [0.15, 0.2) is 0 Å². The molecule has 0 aromatic heterocycles. The lowest BCUT2D eigenvalue weighted by molar-refractivity contribution is -0.160. The fraction of sp³-hybridized carbons (Fsp3) is 0.955. The van der Waals surface area contributed by atoms with Crippen molar-refractivity contribution in [2.24, 2.45) is 17.3 Å². The third kappa shape index (κ3) is 2.66. The van der Waals surface area contributed by atoms with Gasteiger partial charge in [-0.15, -0.1) is 0 Å². The molecule has 3 saturated carbocycles. The van der Waals surface area contributed by atoms with E-state index in [4.69, 9.17) is 14.0 Å². The summed E-state index contributed by atoms with van der Waals surface area (Å²) in [6.07, 6.45) is 5.38. The molecule has 5 rings (SSSR count). The second-order valence-corrected chi connectivity index (χ2v) is 10.7. The van der Waals surface area contributed by atoms with Gasteiger partial charge in [0.05, 0.1) is 29.8 Å². The highest BCUT2D eigenvalue weighted by molar-refractivity contribution is 6.51. The molecule has 0 radical (unpaired) electrons. The number of unbranched alkanes of at least 4 members (excludes halogenated alkanes) is 1. The molecule has 2 saturated heterocycles. The molecule has 0 spiro atoms. The third-order valence-corrected chi connectivity index (χ3v) is 8.77. The maximum absolute atomic E-state index is 13.7. The Hall–Kier alpha value is -0.585. The molecule has 158 valence electrons. The molecular formula is C22H38BNO4. The van der Waals surface area contributed by atoms with E-state index in [9.17, 15) is 4.79 Å². The zero-order valence-corrected chi connectivity index (χ0v) is 18.7. The van der Waals surface area contributed by atoms with Crippen LogP contribution in [0.25, 0.3) is 0 Å².